The zero-order chi connectivity index (χ0) is 17.6. The maximum atomic E-state index is 12.5. The molecule has 1 aromatic carbocycles. The first kappa shape index (κ1) is 17.7. The second kappa shape index (κ2) is 8.34. The molecule has 0 bridgehead atoms. The number of piperidine rings is 2. The Balaban J connectivity index is 1.42. The molecule has 0 aromatic heterocycles. The van der Waals surface area contributed by atoms with Crippen LogP contribution in [0.1, 0.15) is 31.2 Å². The van der Waals surface area contributed by atoms with E-state index >= 15 is 0 Å². The van der Waals surface area contributed by atoms with Gasteiger partial charge in [0.2, 0.25) is 5.91 Å². The Morgan fingerprint density at radius 2 is 1.80 bits per heavy atom. The summed E-state index contributed by atoms with van der Waals surface area (Å²) in [5, 5.41) is 3.19. The average Bonchev–Trinajstić information content (AvgIpc) is 2.64. The Bertz CT molecular complexity index is 584. The van der Waals surface area contributed by atoms with Crippen LogP contribution in [0.15, 0.2) is 30.3 Å². The Hall–Kier alpha value is -2.08. The highest BCUT2D eigenvalue weighted by atomic mass is 16.2. The van der Waals surface area contributed by atoms with Gasteiger partial charge >= 0.3 is 6.03 Å². The molecule has 25 heavy (non-hydrogen) atoms. The number of likely N-dealkylation sites (tertiary alicyclic amines) is 2. The highest BCUT2D eigenvalue weighted by Gasteiger charge is 2.29. The summed E-state index contributed by atoms with van der Waals surface area (Å²) in [4.78, 5) is 27.8. The number of hydrogen-bond acceptors (Lipinski definition) is 3. The van der Waals surface area contributed by atoms with Gasteiger partial charge < -0.3 is 16.0 Å². The van der Waals surface area contributed by atoms with Gasteiger partial charge in [-0.2, -0.15) is 0 Å². The Kier molecular flexibility index (Phi) is 5.91. The minimum Gasteiger partial charge on any atom is -0.353 e. The lowest BCUT2D eigenvalue weighted by Crippen LogP contribution is -2.50. The molecule has 2 fully saturated rings. The number of carbonyl (C=O) groups is 2. The molecule has 0 spiro atoms. The number of urea groups is 1. The number of nitrogens with zero attached hydrogens (tertiary/aromatic N) is 2. The zero-order valence-corrected chi connectivity index (χ0v) is 14.7. The van der Waals surface area contributed by atoms with Gasteiger partial charge in [0.15, 0.2) is 0 Å². The molecule has 2 heterocycles. The van der Waals surface area contributed by atoms with Gasteiger partial charge in [-0.3, -0.25) is 9.69 Å². The number of rotatable bonds is 4. The van der Waals surface area contributed by atoms with E-state index in [1.165, 1.54) is 5.56 Å². The van der Waals surface area contributed by atoms with E-state index in [0.717, 1.165) is 45.3 Å². The molecule has 2 aliphatic heterocycles. The molecule has 6 heteroatoms. The first-order valence-corrected chi connectivity index (χ1v) is 9.23. The van der Waals surface area contributed by atoms with Crippen LogP contribution >= 0.6 is 0 Å². The molecule has 0 radical (unpaired) electrons. The van der Waals surface area contributed by atoms with E-state index in [0.29, 0.717) is 13.1 Å². The van der Waals surface area contributed by atoms with Crippen molar-refractivity contribution in [1.82, 2.24) is 15.1 Å². The van der Waals surface area contributed by atoms with Gasteiger partial charge in [0.25, 0.3) is 0 Å². The van der Waals surface area contributed by atoms with Crippen LogP contribution in [0, 0.1) is 5.92 Å². The lowest BCUT2D eigenvalue weighted by atomic mass is 9.96. The summed E-state index contributed by atoms with van der Waals surface area (Å²) in [6.45, 7) is 4.08. The van der Waals surface area contributed by atoms with Crippen LogP contribution in [-0.2, 0) is 11.3 Å². The fraction of sp³-hybridized carbons (Fsp3) is 0.579. The molecule has 3 rings (SSSR count). The highest BCUT2D eigenvalue weighted by Crippen LogP contribution is 2.18. The molecule has 1 unspecified atom stereocenters. The standard InChI is InChI=1S/C19H28N4O2/c20-19(25)23-10-4-7-16(14-23)18(24)21-17-8-11-22(12-9-17)13-15-5-2-1-3-6-15/h1-3,5-6,16-17H,4,7-14H2,(H2,20,25)(H,21,24). The summed E-state index contributed by atoms with van der Waals surface area (Å²) in [6.07, 6.45) is 3.63. The second-order valence-corrected chi connectivity index (χ2v) is 7.17. The van der Waals surface area contributed by atoms with Crippen LogP contribution in [0.5, 0.6) is 0 Å². The van der Waals surface area contributed by atoms with Crippen molar-refractivity contribution in [1.29, 1.82) is 0 Å². The Morgan fingerprint density at radius 1 is 1.08 bits per heavy atom. The van der Waals surface area contributed by atoms with E-state index in [-0.39, 0.29) is 17.9 Å². The van der Waals surface area contributed by atoms with Crippen molar-refractivity contribution in [3.8, 4) is 0 Å². The van der Waals surface area contributed by atoms with Gasteiger partial charge in [-0.25, -0.2) is 4.79 Å². The molecular weight excluding hydrogens is 316 g/mol. The molecule has 0 aliphatic carbocycles. The van der Waals surface area contributed by atoms with Gasteiger partial charge in [0.05, 0.1) is 5.92 Å². The van der Waals surface area contributed by atoms with Crippen LogP contribution < -0.4 is 11.1 Å². The number of amides is 3. The molecular formula is C19H28N4O2. The summed E-state index contributed by atoms with van der Waals surface area (Å²) in [5.41, 5.74) is 6.67. The Morgan fingerprint density at radius 3 is 2.48 bits per heavy atom. The van der Waals surface area contributed by atoms with Crippen molar-refractivity contribution < 1.29 is 9.59 Å². The number of nitrogens with two attached hydrogens (primary N) is 1. The van der Waals surface area contributed by atoms with Crippen LogP contribution in [0.4, 0.5) is 4.79 Å². The molecule has 136 valence electrons. The van der Waals surface area contributed by atoms with Crippen LogP contribution in [0.25, 0.3) is 0 Å². The maximum Gasteiger partial charge on any atom is 0.314 e. The molecule has 6 nitrogen and oxygen atoms in total. The number of carbonyl (C=O) groups excluding carboxylic acids is 2. The predicted molar refractivity (Wildman–Crippen MR) is 96.8 cm³/mol. The smallest absolute Gasteiger partial charge is 0.314 e. The second-order valence-electron chi connectivity index (χ2n) is 7.17. The number of nitrogens with one attached hydrogen (secondary N) is 1. The SMILES string of the molecule is NC(=O)N1CCCC(C(=O)NC2CCN(Cc3ccccc3)CC2)C1. The Labute approximate surface area is 149 Å². The van der Waals surface area contributed by atoms with Crippen molar-refractivity contribution in [3.05, 3.63) is 35.9 Å². The van der Waals surface area contributed by atoms with E-state index in [1.807, 2.05) is 6.07 Å². The molecule has 2 aliphatic rings. The maximum absolute atomic E-state index is 12.5. The third-order valence-electron chi connectivity index (χ3n) is 5.29. The lowest BCUT2D eigenvalue weighted by Gasteiger charge is -2.35. The van der Waals surface area contributed by atoms with E-state index in [1.54, 1.807) is 4.90 Å². The molecule has 2 saturated heterocycles. The van der Waals surface area contributed by atoms with E-state index in [9.17, 15) is 9.59 Å². The van der Waals surface area contributed by atoms with E-state index in [4.69, 9.17) is 5.73 Å². The monoisotopic (exact) mass is 344 g/mol. The zero-order valence-electron chi connectivity index (χ0n) is 14.7. The molecule has 3 N–H and O–H groups in total. The lowest BCUT2D eigenvalue weighted by molar-refractivity contribution is -0.127. The summed E-state index contributed by atoms with van der Waals surface area (Å²) < 4.78 is 0. The first-order chi connectivity index (χ1) is 12.1. The van der Waals surface area contributed by atoms with Crippen LogP contribution in [-0.4, -0.2) is 54.0 Å². The third-order valence-corrected chi connectivity index (χ3v) is 5.29. The van der Waals surface area contributed by atoms with Crippen molar-refractivity contribution in [2.75, 3.05) is 26.2 Å². The normalized spacial score (nSPS) is 22.6. The average molecular weight is 344 g/mol. The summed E-state index contributed by atoms with van der Waals surface area (Å²) in [5.74, 6) is -0.0453. The number of benzene rings is 1. The van der Waals surface area contributed by atoms with E-state index in [2.05, 4.69) is 34.5 Å². The van der Waals surface area contributed by atoms with Crippen molar-refractivity contribution in [3.63, 3.8) is 0 Å². The largest absolute Gasteiger partial charge is 0.353 e. The fourth-order valence-corrected chi connectivity index (χ4v) is 3.79. The minimum atomic E-state index is -0.424. The predicted octanol–water partition coefficient (Wildman–Crippen LogP) is 1.56. The van der Waals surface area contributed by atoms with Gasteiger partial charge in [0.1, 0.15) is 0 Å². The van der Waals surface area contributed by atoms with Crippen molar-refractivity contribution in [2.24, 2.45) is 11.7 Å². The van der Waals surface area contributed by atoms with Crippen molar-refractivity contribution in [2.45, 2.75) is 38.3 Å². The van der Waals surface area contributed by atoms with Gasteiger partial charge in [-0.05, 0) is 31.2 Å². The highest BCUT2D eigenvalue weighted by molar-refractivity contribution is 5.80. The van der Waals surface area contributed by atoms with Gasteiger partial charge in [-0.1, -0.05) is 30.3 Å². The van der Waals surface area contributed by atoms with Crippen molar-refractivity contribution >= 4 is 11.9 Å². The minimum absolute atomic E-state index is 0.0764. The number of hydrogen-bond donors (Lipinski definition) is 2. The number of primary amides is 1. The fourth-order valence-electron chi connectivity index (χ4n) is 3.79. The van der Waals surface area contributed by atoms with Gasteiger partial charge in [0, 0.05) is 38.8 Å². The van der Waals surface area contributed by atoms with Gasteiger partial charge in [-0.15, -0.1) is 0 Å². The van der Waals surface area contributed by atoms with E-state index < -0.39 is 6.03 Å². The summed E-state index contributed by atoms with van der Waals surface area (Å²) >= 11 is 0. The first-order valence-electron chi connectivity index (χ1n) is 9.23. The molecule has 1 atom stereocenters. The molecule has 1 aromatic rings. The topological polar surface area (TPSA) is 78.7 Å². The third kappa shape index (κ3) is 4.95. The molecule has 3 amide bonds. The van der Waals surface area contributed by atoms with Crippen LogP contribution in [0.3, 0.4) is 0 Å². The molecule has 0 saturated carbocycles. The quantitative estimate of drug-likeness (QED) is 0.870. The summed E-state index contributed by atoms with van der Waals surface area (Å²) in [6, 6.07) is 10.3. The van der Waals surface area contributed by atoms with Crippen LogP contribution in [0.2, 0.25) is 0 Å². The summed E-state index contributed by atoms with van der Waals surface area (Å²) in [7, 11) is 0.